The van der Waals surface area contributed by atoms with Crippen LogP contribution in [0.3, 0.4) is 0 Å². The van der Waals surface area contributed by atoms with Gasteiger partial charge >= 0.3 is 5.69 Å². The Kier molecular flexibility index (Phi) is 3.60. The maximum atomic E-state index is 11.7. The molecule has 0 bridgehead atoms. The van der Waals surface area contributed by atoms with Gasteiger partial charge in [0.1, 0.15) is 18.9 Å². The molecule has 1 aromatic rings. The lowest BCUT2D eigenvalue weighted by Crippen LogP contribution is -2.33. The van der Waals surface area contributed by atoms with Gasteiger partial charge in [-0.25, -0.2) is 4.79 Å². The average Bonchev–Trinajstić information content (AvgIpc) is 2.66. The second kappa shape index (κ2) is 5.01. The molecule has 3 atom stereocenters. The van der Waals surface area contributed by atoms with E-state index in [0.29, 0.717) is 5.56 Å². The zero-order chi connectivity index (χ0) is 13.3. The van der Waals surface area contributed by atoms with E-state index >= 15 is 0 Å². The molecule has 1 fully saturated rings. The summed E-state index contributed by atoms with van der Waals surface area (Å²) >= 11 is 0. The molecule has 0 spiro atoms. The number of rotatable bonds is 3. The fourth-order valence-electron chi connectivity index (χ4n) is 1.90. The molecule has 0 saturated carbocycles. The van der Waals surface area contributed by atoms with Crippen molar-refractivity contribution >= 4 is 0 Å². The van der Waals surface area contributed by atoms with Crippen molar-refractivity contribution in [3.63, 3.8) is 0 Å². The number of aliphatic hydroxyl groups excluding tert-OH is 1. The lowest BCUT2D eigenvalue weighted by Gasteiger charge is -2.14. The maximum Gasteiger partial charge on any atom is 0.330 e. The van der Waals surface area contributed by atoms with E-state index in [2.05, 4.69) is 9.93 Å². The van der Waals surface area contributed by atoms with Crippen LogP contribution in [0, 0.1) is 6.92 Å². The average molecular weight is 259 g/mol. The number of aliphatic hydroxyl groups is 1. The molecule has 0 unspecified atom stereocenters. The van der Waals surface area contributed by atoms with Crippen LogP contribution in [0.1, 0.15) is 18.2 Å². The van der Waals surface area contributed by atoms with Crippen LogP contribution in [0.25, 0.3) is 0 Å². The monoisotopic (exact) mass is 259 g/mol. The minimum atomic E-state index is -0.926. The van der Waals surface area contributed by atoms with E-state index in [1.807, 2.05) is 0 Å². The van der Waals surface area contributed by atoms with E-state index in [1.54, 1.807) is 6.92 Å². The third kappa shape index (κ3) is 2.35. The molecule has 18 heavy (non-hydrogen) atoms. The fraction of sp³-hybridized carbons (Fsp3) is 0.600. The number of hydrogen-bond acceptors (Lipinski definition) is 5. The Morgan fingerprint density at radius 1 is 1.67 bits per heavy atom. The van der Waals surface area contributed by atoms with Crippen LogP contribution in [-0.4, -0.2) is 33.5 Å². The summed E-state index contributed by atoms with van der Waals surface area (Å²) in [4.78, 5) is 28.4. The van der Waals surface area contributed by atoms with E-state index in [4.69, 9.17) is 4.74 Å². The molecular formula is C10H13FN2O5. The highest BCUT2D eigenvalue weighted by molar-refractivity contribution is 5.02. The van der Waals surface area contributed by atoms with Crippen molar-refractivity contribution in [2.24, 2.45) is 0 Å². The summed E-state index contributed by atoms with van der Waals surface area (Å²) in [5.74, 6) is 0. The van der Waals surface area contributed by atoms with E-state index in [-0.39, 0.29) is 6.42 Å². The number of nitrogens with zero attached hydrogens (tertiary/aromatic N) is 1. The SMILES string of the molecule is Cc1cn([C@H]2C[C@H](O)[C@@H](CO[18F])O2)c(=O)[nH]c1=O. The van der Waals surface area contributed by atoms with Crippen LogP contribution in [0.4, 0.5) is 4.53 Å². The summed E-state index contributed by atoms with van der Waals surface area (Å²) in [7, 11) is 0. The van der Waals surface area contributed by atoms with Crippen LogP contribution in [0.15, 0.2) is 15.8 Å². The molecule has 2 N–H and O–H groups in total. The molecule has 0 aromatic carbocycles. The van der Waals surface area contributed by atoms with Crippen LogP contribution >= 0.6 is 0 Å². The molecule has 0 aliphatic carbocycles. The van der Waals surface area contributed by atoms with Crippen molar-refractivity contribution in [2.75, 3.05) is 6.61 Å². The number of H-pyrrole nitrogens is 1. The molecule has 1 aliphatic rings. The van der Waals surface area contributed by atoms with Gasteiger partial charge in [0.2, 0.25) is 0 Å². The zero-order valence-electron chi connectivity index (χ0n) is 9.63. The van der Waals surface area contributed by atoms with Gasteiger partial charge in [-0.05, 0) is 11.4 Å². The molecule has 2 rings (SSSR count). The van der Waals surface area contributed by atoms with Crippen LogP contribution < -0.4 is 11.2 Å². The molecule has 1 aliphatic heterocycles. The normalized spacial score (nSPS) is 27.6. The Morgan fingerprint density at radius 2 is 2.39 bits per heavy atom. The number of hydrogen-bond donors (Lipinski definition) is 2. The van der Waals surface area contributed by atoms with Crippen molar-refractivity contribution in [1.82, 2.24) is 9.55 Å². The topological polar surface area (TPSA) is 93.6 Å². The Bertz CT molecular complexity index is 540. The number of aromatic nitrogens is 2. The van der Waals surface area contributed by atoms with Gasteiger partial charge in [-0.15, -0.1) is 0 Å². The lowest BCUT2D eigenvalue weighted by molar-refractivity contribution is -0.176. The summed E-state index contributed by atoms with van der Waals surface area (Å²) in [6.07, 6.45) is -1.04. The number of ether oxygens (including phenoxy) is 1. The van der Waals surface area contributed by atoms with E-state index in [1.165, 1.54) is 6.20 Å². The van der Waals surface area contributed by atoms with Crippen molar-refractivity contribution in [1.29, 1.82) is 0 Å². The molecule has 0 radical (unpaired) electrons. The number of nitrogens with one attached hydrogen (secondary N) is 1. The van der Waals surface area contributed by atoms with Crippen molar-refractivity contribution in [3.8, 4) is 0 Å². The quantitative estimate of drug-likeness (QED) is 0.755. The highest BCUT2D eigenvalue weighted by atomic mass is 18.4. The molecule has 8 heteroatoms. The predicted octanol–water partition coefficient (Wildman–Crippen LogP) is -0.605. The van der Waals surface area contributed by atoms with E-state index in [9.17, 15) is 19.2 Å². The minimum absolute atomic E-state index is 0.124. The minimum Gasteiger partial charge on any atom is -0.390 e. The first kappa shape index (κ1) is 12.9. The predicted molar refractivity (Wildman–Crippen MR) is 57.7 cm³/mol. The third-order valence-electron chi connectivity index (χ3n) is 2.89. The van der Waals surface area contributed by atoms with Gasteiger partial charge < -0.3 is 9.84 Å². The van der Waals surface area contributed by atoms with Gasteiger partial charge in [0.05, 0.1) is 6.10 Å². The first-order chi connectivity index (χ1) is 8.52. The van der Waals surface area contributed by atoms with Crippen molar-refractivity contribution < 1.29 is 19.3 Å². The number of halogens is 1. The Hall–Kier alpha value is -1.51. The molecular weight excluding hydrogens is 246 g/mol. The Balaban J connectivity index is 2.26. The molecule has 0 amide bonds. The largest absolute Gasteiger partial charge is 0.390 e. The zero-order valence-corrected chi connectivity index (χ0v) is 9.63. The van der Waals surface area contributed by atoms with Gasteiger partial charge in [-0.2, -0.15) is 4.94 Å². The highest BCUT2D eigenvalue weighted by Gasteiger charge is 2.35. The fourth-order valence-corrected chi connectivity index (χ4v) is 1.90. The third-order valence-corrected chi connectivity index (χ3v) is 2.89. The molecule has 7 nitrogen and oxygen atoms in total. The van der Waals surface area contributed by atoms with Gasteiger partial charge in [-0.3, -0.25) is 14.3 Å². The van der Waals surface area contributed by atoms with Gasteiger partial charge in [0, 0.05) is 18.2 Å². The molecule has 1 aromatic heterocycles. The van der Waals surface area contributed by atoms with Gasteiger partial charge in [0.25, 0.3) is 5.56 Å². The standard InChI is InChI=1S/C10H13FN2O5/c1-5-3-13(10(16)12-9(5)15)8-2-6(14)7(18-8)4-17-11/h3,6-8,14H,2,4H2,1H3,(H,12,15,16)/t6-,7+,8+/m0/s1/i11-1. The van der Waals surface area contributed by atoms with Gasteiger partial charge in [0.15, 0.2) is 0 Å². The molecule has 1 saturated heterocycles. The first-order valence-corrected chi connectivity index (χ1v) is 5.42. The van der Waals surface area contributed by atoms with E-state index in [0.717, 1.165) is 4.57 Å². The maximum absolute atomic E-state index is 11.7. The Morgan fingerprint density at radius 3 is 3.06 bits per heavy atom. The molecule has 2 heterocycles. The second-order valence-electron chi connectivity index (χ2n) is 4.19. The molecule has 100 valence electrons. The summed E-state index contributed by atoms with van der Waals surface area (Å²) in [6.45, 7) is 1.14. The summed E-state index contributed by atoms with van der Waals surface area (Å²) < 4.78 is 18.2. The number of aromatic amines is 1. The van der Waals surface area contributed by atoms with E-state index < -0.39 is 36.3 Å². The summed E-state index contributed by atoms with van der Waals surface area (Å²) in [5, 5.41) is 9.61. The summed E-state index contributed by atoms with van der Waals surface area (Å²) in [5.41, 5.74) is -0.763. The first-order valence-electron chi connectivity index (χ1n) is 5.42. The lowest BCUT2D eigenvalue weighted by atomic mass is 10.2. The van der Waals surface area contributed by atoms with Crippen LogP contribution in [-0.2, 0) is 9.68 Å². The van der Waals surface area contributed by atoms with Gasteiger partial charge in [-0.1, -0.05) is 0 Å². The van der Waals surface area contributed by atoms with Crippen molar-refractivity contribution in [3.05, 3.63) is 32.6 Å². The second-order valence-corrected chi connectivity index (χ2v) is 4.19. The van der Waals surface area contributed by atoms with Crippen molar-refractivity contribution in [2.45, 2.75) is 31.8 Å². The van der Waals surface area contributed by atoms with Crippen LogP contribution in [0.2, 0.25) is 0 Å². The summed E-state index contributed by atoms with van der Waals surface area (Å²) in [6, 6.07) is 0. The number of aryl methyl sites for hydroxylation is 1. The van der Waals surface area contributed by atoms with Crippen LogP contribution in [0.5, 0.6) is 0 Å². The smallest absolute Gasteiger partial charge is 0.330 e. The Labute approximate surface area is 101 Å². The highest BCUT2D eigenvalue weighted by Crippen LogP contribution is 2.27.